The van der Waals surface area contributed by atoms with E-state index in [-0.39, 0.29) is 0 Å². The van der Waals surface area contributed by atoms with Gasteiger partial charge in [0.05, 0.1) is 0 Å². The van der Waals surface area contributed by atoms with E-state index in [4.69, 9.17) is 0 Å². The predicted octanol–water partition coefficient (Wildman–Crippen LogP) is 9.38. The quantitative estimate of drug-likeness (QED) is 0.173. The molecule has 0 nitrogen and oxygen atoms in total. The van der Waals surface area contributed by atoms with Crippen molar-refractivity contribution >= 4 is 0 Å². The molecule has 0 spiro atoms. The van der Waals surface area contributed by atoms with Crippen molar-refractivity contribution in [3.8, 4) is 0 Å². The Morgan fingerprint density at radius 1 is 0.458 bits per heavy atom. The van der Waals surface area contributed by atoms with Crippen molar-refractivity contribution < 1.29 is 0 Å². The van der Waals surface area contributed by atoms with E-state index < -0.39 is 0 Å². The Balaban J connectivity index is 3.66. The highest BCUT2D eigenvalue weighted by Crippen LogP contribution is 2.22. The molecule has 0 atom stereocenters. The Morgan fingerprint density at radius 3 is 1.25 bits per heavy atom. The maximum Gasteiger partial charge on any atom is -0.0318 e. The molecule has 0 rings (SSSR count). The van der Waals surface area contributed by atoms with Gasteiger partial charge in [0, 0.05) is 0 Å². The van der Waals surface area contributed by atoms with E-state index in [0.29, 0.717) is 0 Å². The third kappa shape index (κ3) is 15.3. The van der Waals surface area contributed by atoms with E-state index in [1.807, 2.05) is 0 Å². The number of allylic oxidation sites excluding steroid dienone is 2. The predicted molar refractivity (Wildman–Crippen MR) is 113 cm³/mol. The maximum atomic E-state index is 2.40. The molecule has 0 saturated heterocycles. The zero-order valence-corrected chi connectivity index (χ0v) is 17.7. The summed E-state index contributed by atoms with van der Waals surface area (Å²) in [6.07, 6.45) is 25.5. The first-order valence-corrected chi connectivity index (χ1v) is 11.4. The molecular weight excluding hydrogens is 288 g/mol. The molecule has 0 saturated carbocycles. The smallest absolute Gasteiger partial charge is 0.0318 e. The maximum absolute atomic E-state index is 2.40. The van der Waals surface area contributed by atoms with Crippen LogP contribution in [0.15, 0.2) is 11.1 Å². The van der Waals surface area contributed by atoms with E-state index in [1.54, 1.807) is 11.1 Å². The molecule has 0 aliphatic heterocycles. The third-order valence-corrected chi connectivity index (χ3v) is 5.52. The first kappa shape index (κ1) is 23.7. The van der Waals surface area contributed by atoms with Gasteiger partial charge >= 0.3 is 0 Å². The van der Waals surface area contributed by atoms with E-state index in [0.717, 1.165) is 0 Å². The molecule has 0 unspecified atom stereocenters. The summed E-state index contributed by atoms with van der Waals surface area (Å²) in [4.78, 5) is 0. The zero-order chi connectivity index (χ0) is 17.9. The lowest BCUT2D eigenvalue weighted by atomic mass is 9.96. The monoisotopic (exact) mass is 336 g/mol. The number of hydrogen-bond donors (Lipinski definition) is 0. The SMILES string of the molecule is CCCCCCCCCCC(C)=C(CC)CCCCCCCCC. The van der Waals surface area contributed by atoms with Gasteiger partial charge in [-0.25, -0.2) is 0 Å². The van der Waals surface area contributed by atoms with Gasteiger partial charge in [-0.2, -0.15) is 0 Å². The summed E-state index contributed by atoms with van der Waals surface area (Å²) in [6, 6.07) is 0. The standard InChI is InChI=1S/C24H48/c1-5-8-10-12-14-16-17-19-21-23(4)24(7-3)22-20-18-15-13-11-9-6-2/h5-22H2,1-4H3. The highest BCUT2D eigenvalue weighted by Gasteiger charge is 2.02. The van der Waals surface area contributed by atoms with Crippen LogP contribution < -0.4 is 0 Å². The molecule has 0 radical (unpaired) electrons. The molecule has 0 aromatic carbocycles. The van der Waals surface area contributed by atoms with Crippen molar-refractivity contribution in [2.45, 2.75) is 143 Å². The number of unbranched alkanes of at least 4 members (excludes halogenated alkanes) is 13. The highest BCUT2D eigenvalue weighted by molar-refractivity contribution is 5.11. The number of hydrogen-bond acceptors (Lipinski definition) is 0. The molecule has 0 fully saturated rings. The molecule has 0 heteroatoms. The molecule has 0 heterocycles. The average Bonchev–Trinajstić information content (AvgIpc) is 2.59. The molecule has 0 aliphatic carbocycles. The van der Waals surface area contributed by atoms with Crippen LogP contribution in [0.4, 0.5) is 0 Å². The topological polar surface area (TPSA) is 0 Å². The minimum atomic E-state index is 1.28. The van der Waals surface area contributed by atoms with Crippen molar-refractivity contribution in [3.05, 3.63) is 11.1 Å². The lowest BCUT2D eigenvalue weighted by molar-refractivity contribution is 0.571. The lowest BCUT2D eigenvalue weighted by Crippen LogP contribution is -1.91. The minimum Gasteiger partial charge on any atom is -0.0741 e. The van der Waals surface area contributed by atoms with Gasteiger partial charge in [-0.3, -0.25) is 0 Å². The molecule has 0 aromatic rings. The van der Waals surface area contributed by atoms with Crippen LogP contribution in [0.2, 0.25) is 0 Å². The van der Waals surface area contributed by atoms with Gasteiger partial charge < -0.3 is 0 Å². The Hall–Kier alpha value is -0.260. The van der Waals surface area contributed by atoms with Crippen molar-refractivity contribution in [1.29, 1.82) is 0 Å². The van der Waals surface area contributed by atoms with E-state index in [1.165, 1.54) is 116 Å². The minimum absolute atomic E-state index is 1.28. The van der Waals surface area contributed by atoms with E-state index >= 15 is 0 Å². The van der Waals surface area contributed by atoms with Gasteiger partial charge in [0.2, 0.25) is 0 Å². The van der Waals surface area contributed by atoms with Crippen LogP contribution in [0.1, 0.15) is 143 Å². The summed E-state index contributed by atoms with van der Waals surface area (Å²) in [5.41, 5.74) is 3.49. The van der Waals surface area contributed by atoms with E-state index in [9.17, 15) is 0 Å². The van der Waals surface area contributed by atoms with Gasteiger partial charge in [-0.05, 0) is 39.0 Å². The second kappa shape index (κ2) is 19.1. The Kier molecular flexibility index (Phi) is 18.9. The first-order valence-electron chi connectivity index (χ1n) is 11.4. The van der Waals surface area contributed by atoms with Crippen molar-refractivity contribution in [1.82, 2.24) is 0 Å². The van der Waals surface area contributed by atoms with Crippen molar-refractivity contribution in [2.24, 2.45) is 0 Å². The summed E-state index contributed by atoms with van der Waals surface area (Å²) in [7, 11) is 0. The normalized spacial score (nSPS) is 12.5. The zero-order valence-electron chi connectivity index (χ0n) is 17.7. The molecule has 144 valence electrons. The van der Waals surface area contributed by atoms with Gasteiger partial charge in [0.1, 0.15) is 0 Å². The van der Waals surface area contributed by atoms with Crippen LogP contribution in [0.3, 0.4) is 0 Å². The van der Waals surface area contributed by atoms with Crippen LogP contribution >= 0.6 is 0 Å². The summed E-state index contributed by atoms with van der Waals surface area (Å²) in [5.74, 6) is 0. The Morgan fingerprint density at radius 2 is 0.833 bits per heavy atom. The summed E-state index contributed by atoms with van der Waals surface area (Å²) < 4.78 is 0. The van der Waals surface area contributed by atoms with Gasteiger partial charge in [-0.15, -0.1) is 0 Å². The fraction of sp³-hybridized carbons (Fsp3) is 0.917. The summed E-state index contributed by atoms with van der Waals surface area (Å²) in [6.45, 7) is 9.36. The fourth-order valence-electron chi connectivity index (χ4n) is 3.69. The number of rotatable bonds is 18. The molecule has 0 N–H and O–H groups in total. The molecule has 0 aliphatic rings. The molecular formula is C24H48. The summed E-state index contributed by atoms with van der Waals surface area (Å²) >= 11 is 0. The molecule has 0 aromatic heterocycles. The summed E-state index contributed by atoms with van der Waals surface area (Å²) in [5, 5.41) is 0. The van der Waals surface area contributed by atoms with Crippen LogP contribution in [0, 0.1) is 0 Å². The molecule has 0 bridgehead atoms. The van der Waals surface area contributed by atoms with E-state index in [2.05, 4.69) is 27.7 Å². The highest BCUT2D eigenvalue weighted by atomic mass is 14.1. The first-order chi connectivity index (χ1) is 11.8. The van der Waals surface area contributed by atoms with Gasteiger partial charge in [-0.1, -0.05) is 115 Å². The molecule has 24 heavy (non-hydrogen) atoms. The third-order valence-electron chi connectivity index (χ3n) is 5.52. The van der Waals surface area contributed by atoms with Gasteiger partial charge in [0.15, 0.2) is 0 Å². The van der Waals surface area contributed by atoms with Crippen LogP contribution in [-0.4, -0.2) is 0 Å². The van der Waals surface area contributed by atoms with Crippen LogP contribution in [0.5, 0.6) is 0 Å². The van der Waals surface area contributed by atoms with Crippen LogP contribution in [0.25, 0.3) is 0 Å². The fourth-order valence-corrected chi connectivity index (χ4v) is 3.69. The largest absolute Gasteiger partial charge is 0.0741 e. The Labute approximate surface area is 154 Å². The lowest BCUT2D eigenvalue weighted by Gasteiger charge is -2.11. The Bertz CT molecular complexity index is 274. The second-order valence-electron chi connectivity index (χ2n) is 7.83. The van der Waals surface area contributed by atoms with Crippen molar-refractivity contribution in [2.75, 3.05) is 0 Å². The van der Waals surface area contributed by atoms with Crippen molar-refractivity contribution in [3.63, 3.8) is 0 Å². The van der Waals surface area contributed by atoms with Crippen LogP contribution in [-0.2, 0) is 0 Å². The molecule has 0 amide bonds. The average molecular weight is 337 g/mol. The van der Waals surface area contributed by atoms with Gasteiger partial charge in [0.25, 0.3) is 0 Å². The second-order valence-corrected chi connectivity index (χ2v) is 7.83.